The van der Waals surface area contributed by atoms with Gasteiger partial charge in [0.2, 0.25) is 11.8 Å². The SMILES string of the molecule is CC(N)C1CCC(C(=O)N2CC[C@@H](c3ccccc3)[C@H]2C(=O)Nc2ccc(C(=O)O)c(F)c2)CC1. The summed E-state index contributed by atoms with van der Waals surface area (Å²) in [6, 6.07) is 12.5. The summed E-state index contributed by atoms with van der Waals surface area (Å²) < 4.78 is 14.2. The summed E-state index contributed by atoms with van der Waals surface area (Å²) in [6.07, 6.45) is 3.96. The monoisotopic (exact) mass is 481 g/mol. The van der Waals surface area contributed by atoms with Gasteiger partial charge >= 0.3 is 5.97 Å². The number of amides is 2. The number of nitrogens with zero attached hydrogens (tertiary/aromatic N) is 1. The van der Waals surface area contributed by atoms with E-state index in [9.17, 15) is 18.8 Å². The number of carbonyl (C=O) groups is 3. The van der Waals surface area contributed by atoms with E-state index < -0.39 is 29.3 Å². The molecule has 0 aromatic heterocycles. The second-order valence-corrected chi connectivity index (χ2v) is 9.74. The van der Waals surface area contributed by atoms with Crippen molar-refractivity contribution in [2.45, 2.75) is 57.0 Å². The van der Waals surface area contributed by atoms with Gasteiger partial charge in [0.05, 0.1) is 5.56 Å². The van der Waals surface area contributed by atoms with E-state index in [4.69, 9.17) is 10.8 Å². The zero-order valence-electron chi connectivity index (χ0n) is 19.8. The van der Waals surface area contributed by atoms with Crippen LogP contribution in [0.2, 0.25) is 0 Å². The number of anilines is 1. The predicted molar refractivity (Wildman–Crippen MR) is 130 cm³/mol. The fraction of sp³-hybridized carbons (Fsp3) is 0.444. The van der Waals surface area contributed by atoms with Crippen molar-refractivity contribution < 1.29 is 23.9 Å². The van der Waals surface area contributed by atoms with Crippen molar-refractivity contribution in [3.05, 3.63) is 65.5 Å². The Morgan fingerprint density at radius 2 is 1.74 bits per heavy atom. The highest BCUT2D eigenvalue weighted by atomic mass is 19.1. The van der Waals surface area contributed by atoms with Crippen molar-refractivity contribution in [3.63, 3.8) is 0 Å². The van der Waals surface area contributed by atoms with E-state index in [1.807, 2.05) is 37.3 Å². The van der Waals surface area contributed by atoms with E-state index in [1.165, 1.54) is 6.07 Å². The van der Waals surface area contributed by atoms with Crippen LogP contribution in [0.25, 0.3) is 0 Å². The normalized spacial score (nSPS) is 25.2. The maximum Gasteiger partial charge on any atom is 0.338 e. The van der Waals surface area contributed by atoms with Crippen molar-refractivity contribution in [1.82, 2.24) is 4.90 Å². The van der Waals surface area contributed by atoms with Gasteiger partial charge in [-0.05, 0) is 68.7 Å². The zero-order valence-corrected chi connectivity index (χ0v) is 19.8. The Hall–Kier alpha value is -3.26. The molecule has 3 atom stereocenters. The van der Waals surface area contributed by atoms with Crippen LogP contribution in [0.3, 0.4) is 0 Å². The third-order valence-electron chi connectivity index (χ3n) is 7.51. The van der Waals surface area contributed by atoms with Gasteiger partial charge in [-0.1, -0.05) is 30.3 Å². The summed E-state index contributed by atoms with van der Waals surface area (Å²) in [4.78, 5) is 39.9. The molecule has 2 amide bonds. The summed E-state index contributed by atoms with van der Waals surface area (Å²) in [7, 11) is 0. The number of nitrogens with two attached hydrogens (primary N) is 1. The topological polar surface area (TPSA) is 113 Å². The van der Waals surface area contributed by atoms with Gasteiger partial charge in [-0.25, -0.2) is 9.18 Å². The van der Waals surface area contributed by atoms with Crippen molar-refractivity contribution in [2.24, 2.45) is 17.6 Å². The highest BCUT2D eigenvalue weighted by Gasteiger charge is 2.44. The summed E-state index contributed by atoms with van der Waals surface area (Å²) >= 11 is 0. The third-order valence-corrected chi connectivity index (χ3v) is 7.51. The number of carbonyl (C=O) groups excluding carboxylic acids is 2. The molecule has 1 aliphatic carbocycles. The Bertz CT molecular complexity index is 1080. The molecular weight excluding hydrogens is 449 g/mol. The van der Waals surface area contributed by atoms with Crippen LogP contribution >= 0.6 is 0 Å². The van der Waals surface area contributed by atoms with E-state index in [1.54, 1.807) is 4.90 Å². The van der Waals surface area contributed by atoms with Gasteiger partial charge in [0.1, 0.15) is 11.9 Å². The molecule has 1 saturated heterocycles. The lowest BCUT2D eigenvalue weighted by molar-refractivity contribution is -0.141. The summed E-state index contributed by atoms with van der Waals surface area (Å²) in [5.74, 6) is -2.64. The molecule has 4 rings (SSSR count). The van der Waals surface area contributed by atoms with Crippen molar-refractivity contribution in [3.8, 4) is 0 Å². The Morgan fingerprint density at radius 1 is 1.06 bits per heavy atom. The number of hydrogen-bond donors (Lipinski definition) is 3. The number of rotatable bonds is 6. The average Bonchev–Trinajstić information content (AvgIpc) is 3.29. The Balaban J connectivity index is 1.56. The van der Waals surface area contributed by atoms with Gasteiger partial charge in [-0.2, -0.15) is 0 Å². The number of aromatic carboxylic acids is 1. The molecular formula is C27H32FN3O4. The third kappa shape index (κ3) is 5.37. The molecule has 186 valence electrons. The van der Waals surface area contributed by atoms with Crippen molar-refractivity contribution >= 4 is 23.5 Å². The zero-order chi connectivity index (χ0) is 25.1. The molecule has 2 aliphatic rings. The fourth-order valence-corrected chi connectivity index (χ4v) is 5.52. The van der Waals surface area contributed by atoms with Crippen LogP contribution in [0.5, 0.6) is 0 Å². The maximum atomic E-state index is 14.2. The molecule has 1 unspecified atom stereocenters. The van der Waals surface area contributed by atoms with Gasteiger partial charge < -0.3 is 21.1 Å². The number of likely N-dealkylation sites (tertiary alicyclic amines) is 1. The molecule has 7 nitrogen and oxygen atoms in total. The number of benzene rings is 2. The molecule has 2 aromatic carbocycles. The molecule has 1 heterocycles. The van der Waals surface area contributed by atoms with Crippen LogP contribution in [-0.2, 0) is 9.59 Å². The van der Waals surface area contributed by atoms with Gasteiger partial charge in [0.25, 0.3) is 0 Å². The standard InChI is InChI=1S/C27H32FN3O4/c1-16(29)17-7-9-19(10-8-17)26(33)31-14-13-21(18-5-3-2-4-6-18)24(31)25(32)30-20-11-12-22(27(34)35)23(28)15-20/h2-6,11-12,15-17,19,21,24H,7-10,13-14,29H2,1H3,(H,30,32)(H,34,35)/t16?,17?,19?,21-,24-/m0/s1. The first-order valence-electron chi connectivity index (χ1n) is 12.2. The number of carboxylic acids is 1. The van der Waals surface area contributed by atoms with Crippen LogP contribution in [0.1, 0.15) is 60.9 Å². The fourth-order valence-electron chi connectivity index (χ4n) is 5.52. The molecule has 2 aromatic rings. The summed E-state index contributed by atoms with van der Waals surface area (Å²) in [6.45, 7) is 2.47. The Morgan fingerprint density at radius 3 is 2.34 bits per heavy atom. The van der Waals surface area contributed by atoms with Crippen molar-refractivity contribution in [1.29, 1.82) is 0 Å². The van der Waals surface area contributed by atoms with Crippen LogP contribution < -0.4 is 11.1 Å². The molecule has 2 fully saturated rings. The second kappa shape index (κ2) is 10.6. The van der Waals surface area contributed by atoms with E-state index >= 15 is 0 Å². The lowest BCUT2D eigenvalue weighted by atomic mass is 9.78. The Kier molecular flexibility index (Phi) is 7.50. The maximum absolute atomic E-state index is 14.2. The minimum absolute atomic E-state index is 0.0147. The lowest BCUT2D eigenvalue weighted by Crippen LogP contribution is -2.48. The average molecular weight is 482 g/mol. The quantitative estimate of drug-likeness (QED) is 0.577. The first-order valence-corrected chi connectivity index (χ1v) is 12.2. The largest absolute Gasteiger partial charge is 0.478 e. The molecule has 0 bridgehead atoms. The molecule has 4 N–H and O–H groups in total. The first-order chi connectivity index (χ1) is 16.8. The first kappa shape index (κ1) is 24.9. The molecule has 1 saturated carbocycles. The van der Waals surface area contributed by atoms with Crippen LogP contribution in [0.15, 0.2) is 48.5 Å². The number of halogens is 1. The van der Waals surface area contributed by atoms with E-state index in [0.717, 1.165) is 43.4 Å². The molecule has 8 heteroatoms. The highest BCUT2D eigenvalue weighted by molar-refractivity contribution is 5.99. The van der Waals surface area contributed by atoms with E-state index in [0.29, 0.717) is 18.9 Å². The number of carboxylic acid groups (broad SMARTS) is 1. The summed E-state index contributed by atoms with van der Waals surface area (Å²) in [5.41, 5.74) is 6.71. The predicted octanol–water partition coefficient (Wildman–Crippen LogP) is 4.00. The van der Waals surface area contributed by atoms with E-state index in [2.05, 4.69) is 5.32 Å². The summed E-state index contributed by atoms with van der Waals surface area (Å²) in [5, 5.41) is 11.8. The molecule has 1 aliphatic heterocycles. The Labute approximate surface area is 204 Å². The number of nitrogens with one attached hydrogen (secondary N) is 1. The van der Waals surface area contributed by atoms with Crippen LogP contribution in [0.4, 0.5) is 10.1 Å². The van der Waals surface area contributed by atoms with Gasteiger partial charge in [0, 0.05) is 30.1 Å². The van der Waals surface area contributed by atoms with Gasteiger partial charge in [-0.15, -0.1) is 0 Å². The number of hydrogen-bond acceptors (Lipinski definition) is 4. The van der Waals surface area contributed by atoms with Crippen LogP contribution in [-0.4, -0.2) is 46.4 Å². The highest BCUT2D eigenvalue weighted by Crippen LogP contribution is 2.38. The minimum Gasteiger partial charge on any atom is -0.478 e. The lowest BCUT2D eigenvalue weighted by Gasteiger charge is -2.34. The van der Waals surface area contributed by atoms with Crippen molar-refractivity contribution in [2.75, 3.05) is 11.9 Å². The molecule has 0 spiro atoms. The minimum atomic E-state index is -1.38. The van der Waals surface area contributed by atoms with Gasteiger partial charge in [0.15, 0.2) is 0 Å². The molecule has 0 radical (unpaired) electrons. The second-order valence-electron chi connectivity index (χ2n) is 9.74. The van der Waals surface area contributed by atoms with Gasteiger partial charge in [-0.3, -0.25) is 9.59 Å². The van der Waals surface area contributed by atoms with Crippen LogP contribution in [0, 0.1) is 17.7 Å². The smallest absolute Gasteiger partial charge is 0.338 e. The van der Waals surface area contributed by atoms with E-state index in [-0.39, 0.29) is 29.5 Å². The molecule has 35 heavy (non-hydrogen) atoms.